The summed E-state index contributed by atoms with van der Waals surface area (Å²) in [5, 5.41) is 4.49. The van der Waals surface area contributed by atoms with E-state index in [0.29, 0.717) is 13.1 Å². The Hall–Kier alpha value is -2.19. The predicted octanol–water partition coefficient (Wildman–Crippen LogP) is 2.02. The van der Waals surface area contributed by atoms with E-state index in [1.165, 1.54) is 6.26 Å². The quantitative estimate of drug-likeness (QED) is 0.787. The van der Waals surface area contributed by atoms with Crippen molar-refractivity contribution in [1.29, 1.82) is 0 Å². The number of piperidine rings is 1. The first-order chi connectivity index (χ1) is 11.5. The minimum absolute atomic E-state index is 0.243. The molecule has 126 valence electrons. The average molecular weight is 345 g/mol. The maximum atomic E-state index is 11.6. The topological polar surface area (TPSA) is 83.9 Å². The smallest absolute Gasteiger partial charge is 0.211 e. The number of sulfonamides is 1. The van der Waals surface area contributed by atoms with E-state index in [2.05, 4.69) is 21.1 Å². The fraction of sp³-hybridized carbons (Fsp3) is 0.375. The van der Waals surface area contributed by atoms with Crippen LogP contribution in [0.4, 0.5) is 0 Å². The molecule has 1 aromatic carbocycles. The highest BCUT2D eigenvalue weighted by molar-refractivity contribution is 7.88. The third-order valence-electron chi connectivity index (χ3n) is 4.62. The van der Waals surface area contributed by atoms with E-state index in [9.17, 15) is 8.42 Å². The summed E-state index contributed by atoms with van der Waals surface area (Å²) in [6.07, 6.45) is 8.43. The zero-order valence-corrected chi connectivity index (χ0v) is 14.2. The molecular formula is C16H19N5O2S. The normalized spacial score (nSPS) is 17.5. The van der Waals surface area contributed by atoms with Crippen LogP contribution in [0.15, 0.2) is 36.9 Å². The molecule has 0 aliphatic carbocycles. The van der Waals surface area contributed by atoms with Gasteiger partial charge in [0.1, 0.15) is 0 Å². The molecule has 2 aromatic heterocycles. The summed E-state index contributed by atoms with van der Waals surface area (Å²) >= 11 is 0. The fourth-order valence-electron chi connectivity index (χ4n) is 3.24. The van der Waals surface area contributed by atoms with Crippen LogP contribution in [0, 0.1) is 0 Å². The number of aromatic amines is 1. The predicted molar refractivity (Wildman–Crippen MR) is 92.0 cm³/mol. The number of benzene rings is 1. The van der Waals surface area contributed by atoms with Crippen LogP contribution in [0.5, 0.6) is 0 Å². The number of nitrogens with zero attached hydrogens (tertiary/aromatic N) is 4. The van der Waals surface area contributed by atoms with Crippen LogP contribution < -0.4 is 0 Å². The summed E-state index contributed by atoms with van der Waals surface area (Å²) in [5.74, 6) is 0. The molecule has 1 aliphatic rings. The summed E-state index contributed by atoms with van der Waals surface area (Å²) in [6, 6.07) is 6.34. The number of hydrogen-bond donors (Lipinski definition) is 1. The molecule has 0 amide bonds. The van der Waals surface area contributed by atoms with Gasteiger partial charge in [0, 0.05) is 24.8 Å². The molecule has 1 aliphatic heterocycles. The van der Waals surface area contributed by atoms with Crippen LogP contribution in [-0.4, -0.2) is 51.8 Å². The molecular weight excluding hydrogens is 326 g/mol. The molecule has 0 saturated carbocycles. The number of fused-ring (bicyclic) bond motifs is 1. The van der Waals surface area contributed by atoms with Crippen molar-refractivity contribution in [2.75, 3.05) is 19.3 Å². The van der Waals surface area contributed by atoms with Crippen molar-refractivity contribution in [3.63, 3.8) is 0 Å². The Morgan fingerprint density at radius 1 is 1.21 bits per heavy atom. The Bertz CT molecular complexity index is 967. The Labute approximate surface area is 140 Å². The lowest BCUT2D eigenvalue weighted by Gasteiger charge is -2.30. The first-order valence-corrected chi connectivity index (χ1v) is 9.78. The second-order valence-electron chi connectivity index (χ2n) is 6.24. The highest BCUT2D eigenvalue weighted by Gasteiger charge is 2.26. The summed E-state index contributed by atoms with van der Waals surface area (Å²) < 4.78 is 26.7. The van der Waals surface area contributed by atoms with Gasteiger partial charge in [-0.05, 0) is 30.5 Å². The molecule has 3 aromatic rings. The van der Waals surface area contributed by atoms with Crippen LogP contribution in [-0.2, 0) is 10.0 Å². The van der Waals surface area contributed by atoms with Gasteiger partial charge in [-0.15, -0.1) is 0 Å². The summed E-state index contributed by atoms with van der Waals surface area (Å²) in [4.78, 5) is 7.35. The highest BCUT2D eigenvalue weighted by Crippen LogP contribution is 2.27. The molecule has 3 heterocycles. The molecule has 0 spiro atoms. The third-order valence-corrected chi connectivity index (χ3v) is 5.92. The molecule has 0 unspecified atom stereocenters. The zero-order valence-electron chi connectivity index (χ0n) is 13.4. The van der Waals surface area contributed by atoms with Gasteiger partial charge < -0.3 is 4.98 Å². The van der Waals surface area contributed by atoms with Crippen molar-refractivity contribution in [3.05, 3.63) is 36.9 Å². The van der Waals surface area contributed by atoms with E-state index in [0.717, 1.165) is 35.0 Å². The minimum Gasteiger partial charge on any atom is -0.345 e. The van der Waals surface area contributed by atoms with Gasteiger partial charge in [0.05, 0.1) is 35.9 Å². The molecule has 0 radical (unpaired) electrons. The van der Waals surface area contributed by atoms with E-state index in [1.54, 1.807) is 10.6 Å². The van der Waals surface area contributed by atoms with Gasteiger partial charge in [0.15, 0.2) is 0 Å². The zero-order chi connectivity index (χ0) is 16.7. The van der Waals surface area contributed by atoms with Gasteiger partial charge in [-0.1, -0.05) is 6.07 Å². The summed E-state index contributed by atoms with van der Waals surface area (Å²) in [6.45, 7) is 1.11. The van der Waals surface area contributed by atoms with Crippen molar-refractivity contribution in [2.24, 2.45) is 0 Å². The number of H-pyrrole nitrogens is 1. The molecule has 1 fully saturated rings. The molecule has 1 N–H and O–H groups in total. The van der Waals surface area contributed by atoms with Crippen molar-refractivity contribution < 1.29 is 8.42 Å². The largest absolute Gasteiger partial charge is 0.345 e. The summed E-state index contributed by atoms with van der Waals surface area (Å²) in [7, 11) is -3.09. The Balaban J connectivity index is 1.53. The van der Waals surface area contributed by atoms with Gasteiger partial charge in [0.25, 0.3) is 0 Å². The molecule has 0 atom stereocenters. The van der Waals surface area contributed by atoms with Gasteiger partial charge in [-0.3, -0.25) is 4.68 Å². The maximum absolute atomic E-state index is 11.6. The molecule has 24 heavy (non-hydrogen) atoms. The number of aromatic nitrogens is 4. The van der Waals surface area contributed by atoms with Crippen molar-refractivity contribution in [3.8, 4) is 11.1 Å². The van der Waals surface area contributed by atoms with Crippen molar-refractivity contribution in [1.82, 2.24) is 24.1 Å². The highest BCUT2D eigenvalue weighted by atomic mass is 32.2. The molecule has 0 bridgehead atoms. The Morgan fingerprint density at radius 3 is 2.75 bits per heavy atom. The number of hydrogen-bond acceptors (Lipinski definition) is 4. The molecule has 7 nitrogen and oxygen atoms in total. The van der Waals surface area contributed by atoms with E-state index in [1.807, 2.05) is 29.2 Å². The second-order valence-corrected chi connectivity index (χ2v) is 8.22. The summed E-state index contributed by atoms with van der Waals surface area (Å²) in [5.41, 5.74) is 4.09. The SMILES string of the molecule is CS(=O)(=O)N1CCC(n2cc(-c3ccc4nc[nH]c4c3)cn2)CC1. The molecule has 4 rings (SSSR count). The monoisotopic (exact) mass is 345 g/mol. The standard InChI is InChI=1S/C16H19N5O2S/c1-24(22,23)20-6-4-14(5-7-20)21-10-13(9-19-21)12-2-3-15-16(8-12)18-11-17-15/h2-3,8-11,14H,4-7H2,1H3,(H,17,18). The Morgan fingerprint density at radius 2 is 2.00 bits per heavy atom. The van der Waals surface area contributed by atoms with Crippen LogP contribution in [0.25, 0.3) is 22.2 Å². The number of rotatable bonds is 3. The second kappa shape index (κ2) is 5.71. The van der Waals surface area contributed by atoms with E-state index in [-0.39, 0.29) is 6.04 Å². The molecule has 8 heteroatoms. The number of imidazole rings is 1. The first-order valence-electron chi connectivity index (χ1n) is 7.93. The van der Waals surface area contributed by atoms with Gasteiger partial charge in [-0.25, -0.2) is 17.7 Å². The third kappa shape index (κ3) is 2.83. The van der Waals surface area contributed by atoms with Gasteiger partial charge >= 0.3 is 0 Å². The fourth-order valence-corrected chi connectivity index (χ4v) is 4.11. The van der Waals surface area contributed by atoms with E-state index >= 15 is 0 Å². The first kappa shape index (κ1) is 15.3. The van der Waals surface area contributed by atoms with E-state index < -0.39 is 10.0 Å². The van der Waals surface area contributed by atoms with E-state index in [4.69, 9.17) is 0 Å². The van der Waals surface area contributed by atoms with Gasteiger partial charge in [0.2, 0.25) is 10.0 Å². The van der Waals surface area contributed by atoms with Crippen molar-refractivity contribution in [2.45, 2.75) is 18.9 Å². The van der Waals surface area contributed by atoms with Crippen LogP contribution >= 0.6 is 0 Å². The van der Waals surface area contributed by atoms with Crippen LogP contribution in [0.2, 0.25) is 0 Å². The van der Waals surface area contributed by atoms with Crippen LogP contribution in [0.1, 0.15) is 18.9 Å². The average Bonchev–Trinajstić information content (AvgIpc) is 3.22. The number of nitrogens with one attached hydrogen (secondary N) is 1. The Kier molecular flexibility index (Phi) is 3.65. The molecule has 1 saturated heterocycles. The van der Waals surface area contributed by atoms with Crippen molar-refractivity contribution >= 4 is 21.1 Å². The maximum Gasteiger partial charge on any atom is 0.211 e. The minimum atomic E-state index is -3.09. The lowest BCUT2D eigenvalue weighted by molar-refractivity contribution is 0.262. The lowest BCUT2D eigenvalue weighted by Crippen LogP contribution is -2.38. The van der Waals surface area contributed by atoms with Gasteiger partial charge in [-0.2, -0.15) is 5.10 Å². The van der Waals surface area contributed by atoms with Crippen LogP contribution in [0.3, 0.4) is 0 Å². The lowest BCUT2D eigenvalue weighted by atomic mass is 10.1.